The molecule has 3 nitrogen and oxygen atoms in total. The van der Waals surface area contributed by atoms with Gasteiger partial charge in [0, 0.05) is 11.4 Å². The Morgan fingerprint density at radius 2 is 2.21 bits per heavy atom. The Kier molecular flexibility index (Phi) is 2.72. The highest BCUT2D eigenvalue weighted by molar-refractivity contribution is 7.19. The summed E-state index contributed by atoms with van der Waals surface area (Å²) in [6, 6.07) is 0. The van der Waals surface area contributed by atoms with Crippen LogP contribution in [0.25, 0.3) is 10.2 Å². The summed E-state index contributed by atoms with van der Waals surface area (Å²) in [6.07, 6.45) is 8.18. The Hall–Kier alpha value is -1.16. The number of hydrogen-bond donors (Lipinski definition) is 1. The van der Waals surface area contributed by atoms with Crippen LogP contribution < -0.4 is 5.32 Å². The summed E-state index contributed by atoms with van der Waals surface area (Å²) in [5.74, 6) is 2.76. The Morgan fingerprint density at radius 1 is 1.32 bits per heavy atom. The maximum absolute atomic E-state index is 4.49. The molecule has 0 unspecified atom stereocenters. The molecule has 4 heteroatoms. The monoisotopic (exact) mass is 273 g/mol. The van der Waals surface area contributed by atoms with Crippen LogP contribution in [0.1, 0.15) is 36.6 Å². The van der Waals surface area contributed by atoms with E-state index in [1.807, 2.05) is 11.3 Å². The van der Waals surface area contributed by atoms with E-state index >= 15 is 0 Å². The molecule has 100 valence electrons. The van der Waals surface area contributed by atoms with Gasteiger partial charge in [0.1, 0.15) is 17.0 Å². The summed E-state index contributed by atoms with van der Waals surface area (Å²) >= 11 is 1.88. The Morgan fingerprint density at radius 3 is 3.05 bits per heavy atom. The SMILES string of the molecule is C[C@@H]1CCc2c(sc3ncnc(NCC4CC4)c23)C1. The van der Waals surface area contributed by atoms with Gasteiger partial charge in [-0.3, -0.25) is 0 Å². The second kappa shape index (κ2) is 4.44. The molecule has 2 aromatic rings. The van der Waals surface area contributed by atoms with E-state index in [0.29, 0.717) is 0 Å². The number of thiophene rings is 1. The number of hydrogen-bond acceptors (Lipinski definition) is 4. The number of aryl methyl sites for hydroxylation is 1. The van der Waals surface area contributed by atoms with Gasteiger partial charge in [-0.1, -0.05) is 6.92 Å². The highest BCUT2D eigenvalue weighted by Gasteiger charge is 2.24. The van der Waals surface area contributed by atoms with E-state index < -0.39 is 0 Å². The summed E-state index contributed by atoms with van der Waals surface area (Å²) in [4.78, 5) is 11.7. The predicted octanol–water partition coefficient (Wildman–Crippen LogP) is 3.64. The van der Waals surface area contributed by atoms with Crippen LogP contribution in [-0.2, 0) is 12.8 Å². The fraction of sp³-hybridized carbons (Fsp3) is 0.600. The van der Waals surface area contributed by atoms with E-state index in [9.17, 15) is 0 Å². The molecular weight excluding hydrogens is 254 g/mol. The van der Waals surface area contributed by atoms with Crippen molar-refractivity contribution in [1.82, 2.24) is 9.97 Å². The van der Waals surface area contributed by atoms with Crippen molar-refractivity contribution in [1.29, 1.82) is 0 Å². The minimum absolute atomic E-state index is 0.816. The first-order valence-electron chi connectivity index (χ1n) is 7.30. The molecule has 2 aliphatic rings. The van der Waals surface area contributed by atoms with Gasteiger partial charge in [0.15, 0.2) is 0 Å². The molecule has 2 aliphatic carbocycles. The predicted molar refractivity (Wildman–Crippen MR) is 79.8 cm³/mol. The molecule has 0 aromatic carbocycles. The van der Waals surface area contributed by atoms with Crippen molar-refractivity contribution in [3.05, 3.63) is 16.8 Å². The zero-order chi connectivity index (χ0) is 12.8. The van der Waals surface area contributed by atoms with Gasteiger partial charge >= 0.3 is 0 Å². The Bertz CT molecular complexity index is 615. The van der Waals surface area contributed by atoms with E-state index in [2.05, 4.69) is 22.2 Å². The normalized spacial score (nSPS) is 22.5. The van der Waals surface area contributed by atoms with Gasteiger partial charge in [0.25, 0.3) is 0 Å². The molecule has 2 heterocycles. The van der Waals surface area contributed by atoms with Crippen LogP contribution in [0.5, 0.6) is 0 Å². The molecule has 0 amide bonds. The van der Waals surface area contributed by atoms with Gasteiger partial charge in [-0.05, 0) is 49.5 Å². The first-order valence-corrected chi connectivity index (χ1v) is 8.12. The van der Waals surface area contributed by atoms with Gasteiger partial charge in [0.05, 0.1) is 5.39 Å². The molecular formula is C15H19N3S. The average molecular weight is 273 g/mol. The van der Waals surface area contributed by atoms with Gasteiger partial charge in [-0.2, -0.15) is 0 Å². The van der Waals surface area contributed by atoms with Gasteiger partial charge < -0.3 is 5.32 Å². The van der Waals surface area contributed by atoms with Crippen LogP contribution in [-0.4, -0.2) is 16.5 Å². The van der Waals surface area contributed by atoms with Crippen LogP contribution >= 0.6 is 11.3 Å². The number of fused-ring (bicyclic) bond motifs is 3. The maximum atomic E-state index is 4.49. The highest BCUT2D eigenvalue weighted by atomic mass is 32.1. The maximum Gasteiger partial charge on any atom is 0.138 e. The van der Waals surface area contributed by atoms with Crippen molar-refractivity contribution in [2.75, 3.05) is 11.9 Å². The first-order chi connectivity index (χ1) is 9.31. The highest BCUT2D eigenvalue weighted by Crippen LogP contribution is 2.40. The van der Waals surface area contributed by atoms with Crippen LogP contribution in [0, 0.1) is 11.8 Å². The second-order valence-electron chi connectivity index (χ2n) is 6.08. The third kappa shape index (κ3) is 2.12. The van der Waals surface area contributed by atoms with E-state index in [0.717, 1.165) is 24.2 Å². The third-order valence-corrected chi connectivity index (χ3v) is 5.51. The van der Waals surface area contributed by atoms with Gasteiger partial charge in [-0.15, -0.1) is 11.3 Å². The number of rotatable bonds is 3. The number of aromatic nitrogens is 2. The molecule has 0 saturated heterocycles. The summed E-state index contributed by atoms with van der Waals surface area (Å²) in [6.45, 7) is 3.43. The van der Waals surface area contributed by atoms with Crippen molar-refractivity contribution in [2.45, 2.75) is 39.0 Å². The Labute approximate surface area is 117 Å². The molecule has 19 heavy (non-hydrogen) atoms. The average Bonchev–Trinajstić information content (AvgIpc) is 3.15. The van der Waals surface area contributed by atoms with Crippen LogP contribution in [0.15, 0.2) is 6.33 Å². The lowest BCUT2D eigenvalue weighted by Gasteiger charge is -2.18. The van der Waals surface area contributed by atoms with Gasteiger partial charge in [-0.25, -0.2) is 9.97 Å². The molecule has 1 N–H and O–H groups in total. The summed E-state index contributed by atoms with van der Waals surface area (Å²) in [5.41, 5.74) is 1.52. The molecule has 4 rings (SSSR count). The van der Waals surface area contributed by atoms with Crippen molar-refractivity contribution in [3.8, 4) is 0 Å². The lowest BCUT2D eigenvalue weighted by molar-refractivity contribution is 0.509. The second-order valence-corrected chi connectivity index (χ2v) is 7.16. The van der Waals surface area contributed by atoms with Crippen molar-refractivity contribution < 1.29 is 0 Å². The van der Waals surface area contributed by atoms with Crippen LogP contribution in [0.2, 0.25) is 0 Å². The summed E-state index contributed by atoms with van der Waals surface area (Å²) in [5, 5.41) is 4.87. The fourth-order valence-electron chi connectivity index (χ4n) is 2.97. The van der Waals surface area contributed by atoms with E-state index in [4.69, 9.17) is 0 Å². The molecule has 0 radical (unpaired) electrons. The van der Waals surface area contributed by atoms with Crippen LogP contribution in [0.4, 0.5) is 5.82 Å². The molecule has 1 atom stereocenters. The first kappa shape index (κ1) is 11.6. The zero-order valence-electron chi connectivity index (χ0n) is 11.3. The van der Waals surface area contributed by atoms with Crippen molar-refractivity contribution >= 4 is 27.4 Å². The molecule has 1 saturated carbocycles. The zero-order valence-corrected chi connectivity index (χ0v) is 12.1. The number of nitrogens with zero attached hydrogens (tertiary/aromatic N) is 2. The topological polar surface area (TPSA) is 37.8 Å². The van der Waals surface area contributed by atoms with Crippen molar-refractivity contribution in [3.63, 3.8) is 0 Å². The van der Waals surface area contributed by atoms with Gasteiger partial charge in [0.2, 0.25) is 0 Å². The summed E-state index contributed by atoms with van der Waals surface area (Å²) in [7, 11) is 0. The molecule has 0 bridgehead atoms. The van der Waals surface area contributed by atoms with E-state index in [1.165, 1.54) is 47.9 Å². The number of anilines is 1. The fourth-order valence-corrected chi connectivity index (χ4v) is 4.32. The molecule has 1 fully saturated rings. The summed E-state index contributed by atoms with van der Waals surface area (Å²) < 4.78 is 0. The Balaban J connectivity index is 1.75. The standard InChI is InChI=1S/C15H19N3S/c1-9-2-5-11-12(6-9)19-15-13(11)14(17-8-18-15)16-7-10-3-4-10/h8-10H,2-7H2,1H3,(H,16,17,18)/t9-/m1/s1. The molecule has 0 aliphatic heterocycles. The minimum atomic E-state index is 0.816. The van der Waals surface area contributed by atoms with Crippen LogP contribution in [0.3, 0.4) is 0 Å². The molecule has 2 aromatic heterocycles. The van der Waals surface area contributed by atoms with Crippen molar-refractivity contribution in [2.24, 2.45) is 11.8 Å². The van der Waals surface area contributed by atoms with E-state index in [-0.39, 0.29) is 0 Å². The quantitative estimate of drug-likeness (QED) is 0.928. The van der Waals surface area contributed by atoms with E-state index in [1.54, 1.807) is 11.2 Å². The third-order valence-electron chi connectivity index (χ3n) is 4.35. The smallest absolute Gasteiger partial charge is 0.138 e. The lowest BCUT2D eigenvalue weighted by Crippen LogP contribution is -2.10. The number of nitrogens with one attached hydrogen (secondary N) is 1. The lowest BCUT2D eigenvalue weighted by atomic mass is 9.89. The minimum Gasteiger partial charge on any atom is -0.369 e. The largest absolute Gasteiger partial charge is 0.369 e. The molecule has 0 spiro atoms.